The van der Waals surface area contributed by atoms with Crippen molar-refractivity contribution in [2.75, 3.05) is 26.8 Å². The number of aromatic nitrogens is 3. The van der Waals surface area contributed by atoms with E-state index in [0.29, 0.717) is 42.0 Å². The van der Waals surface area contributed by atoms with Gasteiger partial charge in [0.15, 0.2) is 5.69 Å². The van der Waals surface area contributed by atoms with Crippen molar-refractivity contribution in [2.45, 2.75) is 20.8 Å². The monoisotopic (exact) mass is 350 g/mol. The predicted octanol–water partition coefficient (Wildman–Crippen LogP) is 2.97. The van der Waals surface area contributed by atoms with E-state index >= 15 is 0 Å². The molecule has 0 unspecified atom stereocenters. The molecular weight excluding hydrogens is 328 g/mol. The minimum Gasteiger partial charge on any atom is -0.383 e. The first kappa shape index (κ1) is 18.4. The Morgan fingerprint density at radius 1 is 1.38 bits per heavy atom. The van der Waals surface area contributed by atoms with Crippen molar-refractivity contribution in [3.05, 3.63) is 40.7 Å². The number of benzene rings is 1. The number of rotatable bonds is 7. The van der Waals surface area contributed by atoms with E-state index in [2.05, 4.69) is 24.0 Å². The summed E-state index contributed by atoms with van der Waals surface area (Å²) in [4.78, 5) is 16.0. The largest absolute Gasteiger partial charge is 0.383 e. The molecule has 130 valence electrons. The first-order valence-electron chi connectivity index (χ1n) is 7.90. The average Bonchev–Trinajstić information content (AvgIpc) is 2.92. The topological polar surface area (TPSA) is 60.2 Å². The molecule has 0 fully saturated rings. The molecule has 0 bridgehead atoms. The third kappa shape index (κ3) is 4.55. The summed E-state index contributed by atoms with van der Waals surface area (Å²) < 4.78 is 5.11. The van der Waals surface area contributed by atoms with Crippen molar-refractivity contribution in [1.82, 2.24) is 19.9 Å². The lowest BCUT2D eigenvalue weighted by Crippen LogP contribution is -2.37. The van der Waals surface area contributed by atoms with Gasteiger partial charge in [-0.05, 0) is 31.0 Å². The van der Waals surface area contributed by atoms with Crippen LogP contribution in [0.2, 0.25) is 5.02 Å². The molecule has 2 aromatic rings. The summed E-state index contributed by atoms with van der Waals surface area (Å²) in [6.45, 7) is 7.58. The zero-order chi connectivity index (χ0) is 17.7. The van der Waals surface area contributed by atoms with E-state index in [-0.39, 0.29) is 5.91 Å². The SMILES string of the molecule is COCCN(CC(C)C)C(=O)c1nn(-c2cccc(Cl)c2)nc1C. The highest BCUT2D eigenvalue weighted by Gasteiger charge is 2.23. The Hall–Kier alpha value is -1.92. The maximum absolute atomic E-state index is 12.8. The summed E-state index contributed by atoms with van der Waals surface area (Å²) in [6.07, 6.45) is 0. The molecule has 0 aliphatic heterocycles. The predicted molar refractivity (Wildman–Crippen MR) is 93.7 cm³/mol. The Kier molecular flexibility index (Phi) is 6.34. The lowest BCUT2D eigenvalue weighted by molar-refractivity contribution is 0.0665. The van der Waals surface area contributed by atoms with Gasteiger partial charge in [-0.2, -0.15) is 9.90 Å². The van der Waals surface area contributed by atoms with E-state index in [4.69, 9.17) is 16.3 Å². The van der Waals surface area contributed by atoms with Crippen molar-refractivity contribution in [3.63, 3.8) is 0 Å². The first-order chi connectivity index (χ1) is 11.4. The molecule has 1 aromatic carbocycles. The summed E-state index contributed by atoms with van der Waals surface area (Å²) in [5, 5.41) is 9.32. The van der Waals surface area contributed by atoms with Crippen LogP contribution in [0.4, 0.5) is 0 Å². The van der Waals surface area contributed by atoms with Gasteiger partial charge in [0.25, 0.3) is 5.91 Å². The molecule has 0 N–H and O–H groups in total. The fourth-order valence-corrected chi connectivity index (χ4v) is 2.54. The van der Waals surface area contributed by atoms with Gasteiger partial charge in [0.05, 0.1) is 18.0 Å². The molecule has 1 amide bonds. The molecule has 1 aromatic heterocycles. The lowest BCUT2D eigenvalue weighted by atomic mass is 10.2. The van der Waals surface area contributed by atoms with Gasteiger partial charge in [-0.1, -0.05) is 31.5 Å². The van der Waals surface area contributed by atoms with Gasteiger partial charge >= 0.3 is 0 Å². The summed E-state index contributed by atoms with van der Waals surface area (Å²) in [5.41, 5.74) is 1.66. The third-order valence-electron chi connectivity index (χ3n) is 3.46. The maximum atomic E-state index is 12.8. The summed E-state index contributed by atoms with van der Waals surface area (Å²) in [5.74, 6) is 0.223. The summed E-state index contributed by atoms with van der Waals surface area (Å²) in [7, 11) is 1.62. The molecule has 2 rings (SSSR count). The Labute approximate surface area is 147 Å². The van der Waals surface area contributed by atoms with Crippen LogP contribution in [-0.2, 0) is 4.74 Å². The quantitative estimate of drug-likeness (QED) is 0.770. The van der Waals surface area contributed by atoms with E-state index < -0.39 is 0 Å². The van der Waals surface area contributed by atoms with Gasteiger partial charge in [-0.15, -0.1) is 5.10 Å². The van der Waals surface area contributed by atoms with Gasteiger partial charge in [0.2, 0.25) is 0 Å². The van der Waals surface area contributed by atoms with Gasteiger partial charge < -0.3 is 9.64 Å². The van der Waals surface area contributed by atoms with Crippen LogP contribution in [-0.4, -0.2) is 52.6 Å². The number of methoxy groups -OCH3 is 1. The standard InChI is InChI=1S/C17H23ClN4O2/c1-12(2)11-21(8-9-24-4)17(23)16-13(3)19-22(20-16)15-7-5-6-14(18)10-15/h5-7,10,12H,8-9,11H2,1-4H3. The number of halogens is 1. The number of aryl methyl sites for hydroxylation is 1. The Balaban J connectivity index is 2.28. The first-order valence-corrected chi connectivity index (χ1v) is 8.28. The van der Waals surface area contributed by atoms with Gasteiger partial charge in [-0.25, -0.2) is 0 Å². The minimum absolute atomic E-state index is 0.133. The van der Waals surface area contributed by atoms with Crippen molar-refractivity contribution in [2.24, 2.45) is 5.92 Å². The van der Waals surface area contributed by atoms with E-state index in [1.165, 1.54) is 4.80 Å². The highest BCUT2D eigenvalue weighted by Crippen LogP contribution is 2.15. The summed E-state index contributed by atoms with van der Waals surface area (Å²) in [6, 6.07) is 7.20. The van der Waals surface area contributed by atoms with Crippen molar-refractivity contribution in [3.8, 4) is 5.69 Å². The molecule has 0 saturated carbocycles. The molecule has 24 heavy (non-hydrogen) atoms. The Morgan fingerprint density at radius 2 is 2.12 bits per heavy atom. The minimum atomic E-state index is -0.133. The van der Waals surface area contributed by atoms with Gasteiger partial charge in [0, 0.05) is 25.2 Å². The van der Waals surface area contributed by atoms with Crippen LogP contribution in [0.3, 0.4) is 0 Å². The Bertz CT molecular complexity index is 700. The van der Waals surface area contributed by atoms with Crippen molar-refractivity contribution in [1.29, 1.82) is 0 Å². The van der Waals surface area contributed by atoms with Gasteiger partial charge in [0.1, 0.15) is 0 Å². The zero-order valence-electron chi connectivity index (χ0n) is 14.5. The van der Waals surface area contributed by atoms with E-state index in [1.54, 1.807) is 31.1 Å². The summed E-state index contributed by atoms with van der Waals surface area (Å²) >= 11 is 6.01. The van der Waals surface area contributed by atoms with Crippen LogP contribution in [0, 0.1) is 12.8 Å². The van der Waals surface area contributed by atoms with Crippen LogP contribution in [0.5, 0.6) is 0 Å². The van der Waals surface area contributed by atoms with Gasteiger partial charge in [-0.3, -0.25) is 4.79 Å². The maximum Gasteiger partial charge on any atom is 0.276 e. The number of nitrogens with zero attached hydrogens (tertiary/aromatic N) is 4. The number of hydrogen-bond acceptors (Lipinski definition) is 4. The van der Waals surface area contributed by atoms with E-state index in [9.17, 15) is 4.79 Å². The second-order valence-electron chi connectivity index (χ2n) is 6.04. The van der Waals surface area contributed by atoms with Crippen LogP contribution in [0.25, 0.3) is 5.69 Å². The molecule has 0 radical (unpaired) electrons. The molecule has 0 saturated heterocycles. The van der Waals surface area contributed by atoms with Crippen LogP contribution in [0.15, 0.2) is 24.3 Å². The molecule has 1 heterocycles. The van der Waals surface area contributed by atoms with Crippen LogP contribution < -0.4 is 0 Å². The normalized spacial score (nSPS) is 11.1. The van der Waals surface area contributed by atoms with Crippen molar-refractivity contribution < 1.29 is 9.53 Å². The molecular formula is C17H23ClN4O2. The molecule has 6 nitrogen and oxygen atoms in total. The average molecular weight is 351 g/mol. The molecule has 0 aliphatic carbocycles. The molecule has 0 atom stereocenters. The fourth-order valence-electron chi connectivity index (χ4n) is 2.36. The number of hydrogen-bond donors (Lipinski definition) is 0. The number of carbonyl (C=O) groups is 1. The molecule has 7 heteroatoms. The van der Waals surface area contributed by atoms with E-state index in [1.807, 2.05) is 12.1 Å². The highest BCUT2D eigenvalue weighted by atomic mass is 35.5. The number of ether oxygens (including phenoxy) is 1. The lowest BCUT2D eigenvalue weighted by Gasteiger charge is -2.23. The number of amides is 1. The zero-order valence-corrected chi connectivity index (χ0v) is 15.2. The fraction of sp³-hybridized carbons (Fsp3) is 0.471. The van der Waals surface area contributed by atoms with Crippen molar-refractivity contribution >= 4 is 17.5 Å². The van der Waals surface area contributed by atoms with E-state index in [0.717, 1.165) is 5.69 Å². The van der Waals surface area contributed by atoms with Crippen LogP contribution in [0.1, 0.15) is 30.0 Å². The Morgan fingerprint density at radius 3 is 2.75 bits per heavy atom. The van der Waals surface area contributed by atoms with Crippen LogP contribution >= 0.6 is 11.6 Å². The highest BCUT2D eigenvalue weighted by molar-refractivity contribution is 6.30. The second kappa shape index (κ2) is 8.26. The number of carbonyl (C=O) groups excluding carboxylic acids is 1. The molecule has 0 spiro atoms. The second-order valence-corrected chi connectivity index (χ2v) is 6.48. The molecule has 0 aliphatic rings. The third-order valence-corrected chi connectivity index (χ3v) is 3.70. The smallest absolute Gasteiger partial charge is 0.276 e.